The highest BCUT2D eigenvalue weighted by Crippen LogP contribution is 2.43. The average molecular weight is 496 g/mol. The van der Waals surface area contributed by atoms with E-state index in [2.05, 4.69) is 0 Å². The van der Waals surface area contributed by atoms with Crippen LogP contribution in [0.1, 0.15) is 19.8 Å². The summed E-state index contributed by atoms with van der Waals surface area (Å²) in [5.41, 5.74) is 0. The fourth-order valence-corrected chi connectivity index (χ4v) is 11.5. The second-order valence-electron chi connectivity index (χ2n) is 5.56. The Morgan fingerprint density at radius 2 is 0.750 bits per heavy atom. The predicted octanol–water partition coefficient (Wildman–Crippen LogP) is 2.37. The molecular weight excluding hydrogens is 483 g/mol. The molecular formula is C10H13F9O6S3. The van der Waals surface area contributed by atoms with Gasteiger partial charge in [-0.15, -0.1) is 0 Å². The molecule has 0 bridgehead atoms. The molecule has 0 saturated heterocycles. The van der Waals surface area contributed by atoms with E-state index >= 15 is 0 Å². The molecule has 0 heterocycles. The van der Waals surface area contributed by atoms with Gasteiger partial charge in [0.05, 0.1) is 0 Å². The molecule has 0 unspecified atom stereocenters. The molecule has 0 amide bonds. The number of hydrogen-bond acceptors (Lipinski definition) is 6. The molecule has 0 N–H and O–H groups in total. The summed E-state index contributed by atoms with van der Waals surface area (Å²) in [5.74, 6) is -9.77. The van der Waals surface area contributed by atoms with Crippen LogP contribution in [-0.4, -0.2) is 64.5 Å². The summed E-state index contributed by atoms with van der Waals surface area (Å²) in [5, 5.41) is 0. The molecule has 0 spiro atoms. The highest BCUT2D eigenvalue weighted by atomic mass is 32.3. The molecule has 0 radical (unpaired) electrons. The third kappa shape index (κ3) is 6.36. The van der Waals surface area contributed by atoms with Crippen molar-refractivity contribution in [1.82, 2.24) is 0 Å². The van der Waals surface area contributed by atoms with E-state index in [1.54, 1.807) is 0 Å². The number of sulfone groups is 3. The Kier molecular flexibility index (Phi) is 7.59. The molecule has 0 fully saturated rings. The van der Waals surface area contributed by atoms with E-state index in [0.717, 1.165) is 6.92 Å². The van der Waals surface area contributed by atoms with Crippen LogP contribution in [0.2, 0.25) is 0 Å². The molecule has 0 aliphatic rings. The van der Waals surface area contributed by atoms with E-state index in [-0.39, 0.29) is 0 Å². The highest BCUT2D eigenvalue weighted by molar-refractivity contribution is 8.25. The van der Waals surface area contributed by atoms with Gasteiger partial charge in [0.15, 0.2) is 29.5 Å². The van der Waals surface area contributed by atoms with Gasteiger partial charge in [-0.3, -0.25) is 0 Å². The van der Waals surface area contributed by atoms with Gasteiger partial charge in [0, 0.05) is 0 Å². The van der Waals surface area contributed by atoms with E-state index in [0.29, 0.717) is 0 Å². The molecule has 0 rings (SSSR count). The standard InChI is InChI=1S/C10H13F9O6S3/c1-2-3-10(26(20,21)4-7(11,12)13,27(22,23)5-8(14,15)16)28(24,25)6-9(17,18)19/h2-6H2,1H3. The molecule has 6 nitrogen and oxygen atoms in total. The van der Waals surface area contributed by atoms with Crippen LogP contribution in [0.15, 0.2) is 0 Å². The Bertz CT molecular complexity index is 751. The summed E-state index contributed by atoms with van der Waals surface area (Å²) in [6.45, 7) is 0.768. The average Bonchev–Trinajstić information content (AvgIpc) is 2.24. The molecule has 0 aromatic carbocycles. The van der Waals surface area contributed by atoms with Crippen LogP contribution < -0.4 is 0 Å². The van der Waals surface area contributed by atoms with Gasteiger partial charge in [0.1, 0.15) is 17.3 Å². The van der Waals surface area contributed by atoms with Crippen molar-refractivity contribution in [1.29, 1.82) is 0 Å². The third-order valence-electron chi connectivity index (χ3n) is 3.04. The van der Waals surface area contributed by atoms with Crippen LogP contribution in [0.3, 0.4) is 0 Å². The van der Waals surface area contributed by atoms with Crippen molar-refractivity contribution in [2.24, 2.45) is 0 Å². The van der Waals surface area contributed by atoms with Crippen molar-refractivity contribution in [2.75, 3.05) is 17.3 Å². The van der Waals surface area contributed by atoms with E-state index in [9.17, 15) is 64.8 Å². The maximum absolute atomic E-state index is 12.6. The number of hydrogen-bond donors (Lipinski definition) is 0. The minimum atomic E-state index is -6.66. The van der Waals surface area contributed by atoms with E-state index in [1.807, 2.05) is 0 Å². The lowest BCUT2D eigenvalue weighted by atomic mass is 10.4. The predicted molar refractivity (Wildman–Crippen MR) is 77.2 cm³/mol. The molecule has 0 saturated carbocycles. The lowest BCUT2D eigenvalue weighted by Gasteiger charge is -2.33. The molecule has 170 valence electrons. The van der Waals surface area contributed by atoms with Gasteiger partial charge in [0.25, 0.3) is 3.41 Å². The normalized spacial score (nSPS) is 15.6. The van der Waals surface area contributed by atoms with Gasteiger partial charge in [-0.2, -0.15) is 39.5 Å². The molecule has 0 aromatic heterocycles. The fraction of sp³-hybridized carbons (Fsp3) is 1.00. The maximum atomic E-state index is 12.6. The van der Waals surface area contributed by atoms with Crippen LogP contribution in [-0.2, 0) is 29.5 Å². The monoisotopic (exact) mass is 496 g/mol. The first-order chi connectivity index (χ1) is 11.9. The zero-order valence-electron chi connectivity index (χ0n) is 13.6. The van der Waals surface area contributed by atoms with Crippen molar-refractivity contribution >= 4 is 29.5 Å². The van der Waals surface area contributed by atoms with Crippen LogP contribution >= 0.6 is 0 Å². The Morgan fingerprint density at radius 3 is 0.893 bits per heavy atom. The van der Waals surface area contributed by atoms with Crippen LogP contribution in [0, 0.1) is 0 Å². The molecule has 0 aromatic rings. The molecule has 28 heavy (non-hydrogen) atoms. The SMILES string of the molecule is CCCC(S(=O)(=O)CC(F)(F)F)(S(=O)(=O)CC(F)(F)F)S(=O)(=O)CC(F)(F)F. The van der Waals surface area contributed by atoms with E-state index in [4.69, 9.17) is 0 Å². The van der Waals surface area contributed by atoms with Crippen molar-refractivity contribution in [2.45, 2.75) is 41.7 Å². The van der Waals surface area contributed by atoms with Gasteiger partial charge >= 0.3 is 18.5 Å². The third-order valence-corrected chi connectivity index (χ3v) is 13.2. The van der Waals surface area contributed by atoms with Gasteiger partial charge in [-0.1, -0.05) is 13.3 Å². The van der Waals surface area contributed by atoms with Crippen LogP contribution in [0.4, 0.5) is 39.5 Å². The van der Waals surface area contributed by atoms with E-state index < -0.39 is 81.6 Å². The van der Waals surface area contributed by atoms with Gasteiger partial charge in [-0.05, 0) is 6.42 Å². The fourth-order valence-electron chi connectivity index (χ4n) is 2.33. The van der Waals surface area contributed by atoms with Crippen LogP contribution in [0.5, 0.6) is 0 Å². The minimum absolute atomic E-state index is 0.768. The number of alkyl halides is 9. The summed E-state index contributed by atoms with van der Waals surface area (Å²) < 4.78 is 181. The van der Waals surface area contributed by atoms with Crippen LogP contribution in [0.25, 0.3) is 0 Å². The van der Waals surface area contributed by atoms with Gasteiger partial charge in [-0.25, -0.2) is 25.3 Å². The first-order valence-corrected chi connectivity index (χ1v) is 11.8. The zero-order chi connectivity index (χ0) is 23.0. The topological polar surface area (TPSA) is 102 Å². The van der Waals surface area contributed by atoms with Crippen molar-refractivity contribution in [3.63, 3.8) is 0 Å². The number of rotatable bonds is 8. The summed E-state index contributed by atoms with van der Waals surface area (Å²) in [4.78, 5) is 0. The van der Waals surface area contributed by atoms with E-state index in [1.165, 1.54) is 0 Å². The Hall–Kier alpha value is -0.780. The Morgan fingerprint density at radius 1 is 0.536 bits per heavy atom. The Labute approximate surface area is 153 Å². The lowest BCUT2D eigenvalue weighted by Crippen LogP contribution is -2.59. The molecule has 0 atom stereocenters. The van der Waals surface area contributed by atoms with Gasteiger partial charge < -0.3 is 0 Å². The summed E-state index contributed by atoms with van der Waals surface area (Å²) in [7, 11) is -20.0. The van der Waals surface area contributed by atoms with Crippen molar-refractivity contribution < 1.29 is 64.8 Å². The summed E-state index contributed by atoms with van der Waals surface area (Å²) >= 11 is 0. The summed E-state index contributed by atoms with van der Waals surface area (Å²) in [6, 6.07) is 0. The number of halogens is 9. The zero-order valence-corrected chi connectivity index (χ0v) is 16.1. The van der Waals surface area contributed by atoms with Crippen molar-refractivity contribution in [3.05, 3.63) is 0 Å². The highest BCUT2D eigenvalue weighted by Gasteiger charge is 2.68. The molecule has 18 heteroatoms. The summed E-state index contributed by atoms with van der Waals surface area (Å²) in [6.07, 6.45) is -20.5. The second-order valence-corrected chi connectivity index (χ2v) is 13.0. The Balaban J connectivity index is 7.26. The molecule has 0 aliphatic carbocycles. The smallest absolute Gasteiger partial charge is 0.226 e. The minimum Gasteiger partial charge on any atom is -0.226 e. The maximum Gasteiger partial charge on any atom is 0.402 e. The first kappa shape index (κ1) is 27.2. The first-order valence-electron chi connectivity index (χ1n) is 6.80. The quantitative estimate of drug-likeness (QED) is 0.479. The van der Waals surface area contributed by atoms with Gasteiger partial charge in [0.2, 0.25) is 0 Å². The lowest BCUT2D eigenvalue weighted by molar-refractivity contribution is -0.107. The molecule has 0 aliphatic heterocycles. The largest absolute Gasteiger partial charge is 0.402 e. The second kappa shape index (κ2) is 7.81. The van der Waals surface area contributed by atoms with Crippen molar-refractivity contribution in [3.8, 4) is 0 Å².